The summed E-state index contributed by atoms with van der Waals surface area (Å²) in [6.07, 6.45) is -8.37. The molecule has 0 aliphatic rings. The van der Waals surface area contributed by atoms with Gasteiger partial charge in [-0.15, -0.1) is 24.8 Å². The normalized spacial score (nSPS) is 11.6. The van der Waals surface area contributed by atoms with Crippen molar-refractivity contribution in [1.29, 1.82) is 0 Å². The minimum atomic E-state index is -5.14. The highest BCUT2D eigenvalue weighted by molar-refractivity contribution is 6.17. The van der Waals surface area contributed by atoms with Gasteiger partial charge in [0.05, 0.1) is 18.6 Å². The molecule has 20 heavy (non-hydrogen) atoms. The van der Waals surface area contributed by atoms with Crippen molar-refractivity contribution >= 4 is 17.6 Å². The van der Waals surface area contributed by atoms with Gasteiger partial charge < -0.3 is 9.47 Å². The van der Waals surface area contributed by atoms with Crippen LogP contribution in [0.25, 0.3) is 0 Å². The van der Waals surface area contributed by atoms with Gasteiger partial charge in [-0.25, -0.2) is 18.6 Å². The summed E-state index contributed by atoms with van der Waals surface area (Å²) in [5.74, 6) is -2.87. The van der Waals surface area contributed by atoms with Crippen LogP contribution in [0, 0.1) is 0 Å². The molecule has 0 amide bonds. The fourth-order valence-electron chi connectivity index (χ4n) is 1.35. The molecule has 1 aromatic rings. The van der Waals surface area contributed by atoms with Gasteiger partial charge in [-0.1, -0.05) is 0 Å². The zero-order valence-corrected chi connectivity index (χ0v) is 10.6. The molecule has 0 atom stereocenters. The highest BCUT2D eigenvalue weighted by Gasteiger charge is 2.33. The molecule has 0 spiro atoms. The van der Waals surface area contributed by atoms with Gasteiger partial charge in [0.15, 0.2) is 0 Å². The number of methoxy groups -OCH3 is 1. The van der Waals surface area contributed by atoms with Gasteiger partial charge in [-0.05, 0) is 0 Å². The van der Waals surface area contributed by atoms with Crippen molar-refractivity contribution in [3.63, 3.8) is 0 Å². The second-order valence-corrected chi connectivity index (χ2v) is 3.61. The Kier molecular flexibility index (Phi) is 5.09. The number of alkyl halides is 6. The lowest BCUT2D eigenvalue weighted by Gasteiger charge is -2.14. The number of carbonyl (C=O) groups excluding carboxylic acids is 1. The zero-order valence-electron chi connectivity index (χ0n) is 9.80. The van der Waals surface area contributed by atoms with E-state index in [9.17, 15) is 26.7 Å². The number of hydrogen-bond acceptors (Lipinski definition) is 4. The minimum Gasteiger partial charge on any atom is -0.465 e. The first kappa shape index (κ1) is 16.4. The lowest BCUT2D eigenvalue weighted by molar-refractivity contribution is -0.276. The Hall–Kier alpha value is -1.64. The first-order chi connectivity index (χ1) is 9.19. The van der Waals surface area contributed by atoms with Crippen LogP contribution in [-0.2, 0) is 10.6 Å². The third-order valence-corrected chi connectivity index (χ3v) is 2.37. The topological polar surface area (TPSA) is 48.4 Å². The van der Waals surface area contributed by atoms with Crippen LogP contribution in [0.5, 0.6) is 5.88 Å². The first-order valence-corrected chi connectivity index (χ1v) is 5.45. The Morgan fingerprint density at radius 2 is 2.05 bits per heavy atom. The van der Waals surface area contributed by atoms with E-state index in [0.717, 1.165) is 7.11 Å². The molecule has 112 valence electrons. The second-order valence-electron chi connectivity index (χ2n) is 3.35. The van der Waals surface area contributed by atoms with Crippen molar-refractivity contribution in [2.75, 3.05) is 7.11 Å². The Morgan fingerprint density at radius 1 is 1.45 bits per heavy atom. The van der Waals surface area contributed by atoms with Crippen molar-refractivity contribution in [1.82, 2.24) is 4.98 Å². The largest absolute Gasteiger partial charge is 0.574 e. The summed E-state index contributed by atoms with van der Waals surface area (Å²) in [6.45, 7) is 0. The average Bonchev–Trinajstić information content (AvgIpc) is 2.34. The van der Waals surface area contributed by atoms with Gasteiger partial charge in [0, 0.05) is 11.6 Å². The van der Waals surface area contributed by atoms with Crippen LogP contribution in [0.1, 0.15) is 28.0 Å². The molecule has 0 fully saturated rings. The summed E-state index contributed by atoms with van der Waals surface area (Å²) in [7, 11) is 0.938. The van der Waals surface area contributed by atoms with E-state index in [1.54, 1.807) is 0 Å². The maximum Gasteiger partial charge on any atom is 0.574 e. The van der Waals surface area contributed by atoms with Crippen LogP contribution in [0.15, 0.2) is 6.07 Å². The molecule has 0 bridgehead atoms. The fourth-order valence-corrected chi connectivity index (χ4v) is 1.63. The maximum atomic E-state index is 12.8. The maximum absolute atomic E-state index is 12.8. The van der Waals surface area contributed by atoms with Gasteiger partial charge in [-0.2, -0.15) is 0 Å². The third kappa shape index (κ3) is 3.92. The van der Waals surface area contributed by atoms with Crippen molar-refractivity contribution in [2.24, 2.45) is 0 Å². The number of halogens is 6. The van der Waals surface area contributed by atoms with Crippen LogP contribution in [0.3, 0.4) is 0 Å². The van der Waals surface area contributed by atoms with E-state index >= 15 is 0 Å². The summed E-state index contributed by atoms with van der Waals surface area (Å²) in [5.41, 5.74) is -2.04. The van der Waals surface area contributed by atoms with Crippen LogP contribution in [-0.4, -0.2) is 24.4 Å². The SMILES string of the molecule is COC(=O)c1cc(OC(F)(F)F)nc(C(F)F)c1CCl. The van der Waals surface area contributed by atoms with Crippen LogP contribution >= 0.6 is 11.6 Å². The number of ether oxygens (including phenoxy) is 2. The van der Waals surface area contributed by atoms with E-state index in [-0.39, 0.29) is 0 Å². The average molecular weight is 320 g/mol. The molecule has 0 N–H and O–H groups in total. The smallest absolute Gasteiger partial charge is 0.465 e. The molecular weight excluding hydrogens is 313 g/mol. The molecule has 10 heteroatoms. The van der Waals surface area contributed by atoms with Gasteiger partial charge in [0.25, 0.3) is 6.43 Å². The van der Waals surface area contributed by atoms with Crippen molar-refractivity contribution in [3.05, 3.63) is 22.9 Å². The summed E-state index contributed by atoms with van der Waals surface area (Å²) in [5, 5.41) is 0. The van der Waals surface area contributed by atoms with Gasteiger partial charge >= 0.3 is 12.3 Å². The molecule has 4 nitrogen and oxygen atoms in total. The monoisotopic (exact) mass is 319 g/mol. The molecular formula is C10H7ClF5NO3. The number of esters is 1. The summed E-state index contributed by atoms with van der Waals surface area (Å²) >= 11 is 5.42. The highest BCUT2D eigenvalue weighted by Crippen LogP contribution is 2.31. The van der Waals surface area contributed by atoms with Crippen LogP contribution in [0.4, 0.5) is 22.0 Å². The molecule has 1 heterocycles. The van der Waals surface area contributed by atoms with Crippen molar-refractivity contribution in [2.45, 2.75) is 18.7 Å². The van der Waals surface area contributed by atoms with E-state index in [1.165, 1.54) is 0 Å². The quantitative estimate of drug-likeness (QED) is 0.484. The Morgan fingerprint density at radius 3 is 2.45 bits per heavy atom. The van der Waals surface area contributed by atoms with E-state index in [4.69, 9.17) is 11.6 Å². The standard InChI is InChI=1S/C10H7ClF5NO3/c1-19-9(18)4-2-6(20-10(14,15)16)17-7(8(12)13)5(4)3-11/h2,8H,3H2,1H3. The van der Waals surface area contributed by atoms with Gasteiger partial charge in [0.2, 0.25) is 5.88 Å². The third-order valence-electron chi connectivity index (χ3n) is 2.10. The number of rotatable bonds is 4. The van der Waals surface area contributed by atoms with E-state index in [0.29, 0.717) is 6.07 Å². The molecule has 0 radical (unpaired) electrons. The first-order valence-electron chi connectivity index (χ1n) is 4.91. The van der Waals surface area contributed by atoms with Crippen LogP contribution < -0.4 is 4.74 Å². The highest BCUT2D eigenvalue weighted by atomic mass is 35.5. The molecule has 0 aliphatic heterocycles. The summed E-state index contributed by atoms with van der Waals surface area (Å²) in [4.78, 5) is 14.4. The Bertz CT molecular complexity index is 506. The zero-order chi connectivity index (χ0) is 15.5. The second kappa shape index (κ2) is 6.21. The van der Waals surface area contributed by atoms with E-state index < -0.39 is 47.3 Å². The molecule has 0 saturated carbocycles. The number of nitrogens with zero attached hydrogens (tertiary/aromatic N) is 1. The van der Waals surface area contributed by atoms with Crippen LogP contribution in [0.2, 0.25) is 0 Å². The Labute approximate surface area is 114 Å². The summed E-state index contributed by atoms with van der Waals surface area (Å²) in [6, 6.07) is 0.545. The fraction of sp³-hybridized carbons (Fsp3) is 0.400. The molecule has 0 unspecified atom stereocenters. The van der Waals surface area contributed by atoms with Crippen molar-refractivity contribution in [3.8, 4) is 5.88 Å². The summed E-state index contributed by atoms with van der Waals surface area (Å²) < 4.78 is 69.5. The lowest BCUT2D eigenvalue weighted by Crippen LogP contribution is -2.20. The number of hydrogen-bond donors (Lipinski definition) is 0. The number of carbonyl (C=O) groups is 1. The molecule has 0 saturated heterocycles. The predicted molar refractivity (Wildman–Crippen MR) is 56.8 cm³/mol. The molecule has 1 aromatic heterocycles. The van der Waals surface area contributed by atoms with E-state index in [2.05, 4.69) is 14.5 Å². The molecule has 0 aromatic carbocycles. The number of pyridine rings is 1. The van der Waals surface area contributed by atoms with Gasteiger partial charge in [-0.3, -0.25) is 0 Å². The minimum absolute atomic E-state index is 0.414. The van der Waals surface area contributed by atoms with E-state index in [1.807, 2.05) is 0 Å². The van der Waals surface area contributed by atoms with Gasteiger partial charge in [0.1, 0.15) is 5.69 Å². The number of aromatic nitrogens is 1. The molecule has 0 aliphatic carbocycles. The lowest BCUT2D eigenvalue weighted by atomic mass is 10.1. The Balaban J connectivity index is 3.43. The molecule has 1 rings (SSSR count). The van der Waals surface area contributed by atoms with Crippen molar-refractivity contribution < 1.29 is 36.2 Å². The predicted octanol–water partition coefficient (Wildman–Crippen LogP) is 3.44.